The van der Waals surface area contributed by atoms with Gasteiger partial charge in [0.15, 0.2) is 0 Å². The molecule has 3 rings (SSSR count). The summed E-state index contributed by atoms with van der Waals surface area (Å²) in [4.78, 5) is 27.4. The molecule has 2 heterocycles. The summed E-state index contributed by atoms with van der Waals surface area (Å²) in [7, 11) is 0. The van der Waals surface area contributed by atoms with Crippen molar-refractivity contribution in [1.82, 2.24) is 4.90 Å². The molecule has 0 bridgehead atoms. The van der Waals surface area contributed by atoms with Crippen LogP contribution >= 0.6 is 11.3 Å². The van der Waals surface area contributed by atoms with Crippen LogP contribution in [0.25, 0.3) is 0 Å². The topological polar surface area (TPSA) is 75.4 Å². The van der Waals surface area contributed by atoms with Crippen LogP contribution in [0.4, 0.5) is 5.69 Å². The zero-order valence-electron chi connectivity index (χ0n) is 13.6. The zero-order valence-corrected chi connectivity index (χ0v) is 14.4. The molecule has 126 valence electrons. The summed E-state index contributed by atoms with van der Waals surface area (Å²) in [6.07, 6.45) is 0.942. The van der Waals surface area contributed by atoms with E-state index in [1.54, 1.807) is 30.3 Å². The van der Waals surface area contributed by atoms with Gasteiger partial charge in [-0.15, -0.1) is 11.3 Å². The summed E-state index contributed by atoms with van der Waals surface area (Å²) in [5.74, 6) is 0.198. The molecular weight excluding hydrogens is 322 g/mol. The first kappa shape index (κ1) is 16.7. The minimum Gasteiger partial charge on any atom is -0.336 e. The van der Waals surface area contributed by atoms with Crippen LogP contribution < -0.4 is 11.1 Å². The lowest BCUT2D eigenvalue weighted by molar-refractivity contribution is 0.0743. The van der Waals surface area contributed by atoms with Crippen molar-refractivity contribution in [1.29, 1.82) is 0 Å². The molecule has 0 aliphatic carbocycles. The number of carbonyl (C=O) groups excluding carboxylic acids is 2. The minimum absolute atomic E-state index is 0.00864. The van der Waals surface area contributed by atoms with Gasteiger partial charge in [0.2, 0.25) is 0 Å². The second-order valence-corrected chi connectivity index (χ2v) is 7.10. The fraction of sp³-hybridized carbons (Fsp3) is 0.333. The molecule has 1 aromatic heterocycles. The molecule has 2 amide bonds. The number of nitrogens with two attached hydrogens (primary N) is 1. The van der Waals surface area contributed by atoms with Gasteiger partial charge in [-0.05, 0) is 55.5 Å². The molecule has 0 spiro atoms. The number of nitrogens with one attached hydrogen (secondary N) is 1. The van der Waals surface area contributed by atoms with Gasteiger partial charge in [0.25, 0.3) is 11.8 Å². The smallest absolute Gasteiger partial charge is 0.265 e. The van der Waals surface area contributed by atoms with Gasteiger partial charge in [0.1, 0.15) is 0 Å². The predicted octanol–water partition coefficient (Wildman–Crippen LogP) is 2.81. The molecule has 1 saturated heterocycles. The number of likely N-dealkylation sites (tertiary alicyclic amines) is 1. The molecule has 0 saturated carbocycles. The molecule has 0 radical (unpaired) electrons. The summed E-state index contributed by atoms with van der Waals surface area (Å²) < 4.78 is 0. The highest BCUT2D eigenvalue weighted by molar-refractivity contribution is 7.12. The van der Waals surface area contributed by atoms with Gasteiger partial charge in [-0.3, -0.25) is 9.59 Å². The average Bonchev–Trinajstić information content (AvgIpc) is 3.24. The van der Waals surface area contributed by atoms with Crippen molar-refractivity contribution in [2.24, 2.45) is 11.7 Å². The molecular formula is C18H21N3O2S. The quantitative estimate of drug-likeness (QED) is 0.896. The van der Waals surface area contributed by atoms with E-state index < -0.39 is 0 Å². The Morgan fingerprint density at radius 2 is 2.17 bits per heavy atom. The highest BCUT2D eigenvalue weighted by atomic mass is 32.1. The first-order chi connectivity index (χ1) is 11.6. The standard InChI is InChI=1S/C18H21N3O2S/c1-12-8-13(10-19)11-21(12)18(23)14-4-2-5-15(9-14)20-17(22)16-6-3-7-24-16/h2-7,9,12-13H,8,10-11,19H2,1H3,(H,20,22). The lowest BCUT2D eigenvalue weighted by atomic mass is 10.1. The zero-order chi connectivity index (χ0) is 17.1. The minimum atomic E-state index is -0.160. The number of rotatable bonds is 4. The molecule has 5 nitrogen and oxygen atoms in total. The number of anilines is 1. The molecule has 2 atom stereocenters. The molecule has 1 fully saturated rings. The van der Waals surface area contributed by atoms with E-state index >= 15 is 0 Å². The van der Waals surface area contributed by atoms with Crippen LogP contribution in [0.15, 0.2) is 41.8 Å². The van der Waals surface area contributed by atoms with Gasteiger partial charge < -0.3 is 16.0 Å². The first-order valence-electron chi connectivity index (χ1n) is 8.04. The molecule has 1 aromatic carbocycles. The number of carbonyl (C=O) groups is 2. The van der Waals surface area contributed by atoms with Gasteiger partial charge >= 0.3 is 0 Å². The fourth-order valence-electron chi connectivity index (χ4n) is 3.09. The fourth-order valence-corrected chi connectivity index (χ4v) is 3.71. The number of amides is 2. The van der Waals surface area contributed by atoms with Gasteiger partial charge in [0, 0.05) is 23.8 Å². The van der Waals surface area contributed by atoms with E-state index in [4.69, 9.17) is 5.73 Å². The third-order valence-corrected chi connectivity index (χ3v) is 5.24. The maximum atomic E-state index is 12.8. The van der Waals surface area contributed by atoms with Crippen molar-refractivity contribution in [3.05, 3.63) is 52.2 Å². The Morgan fingerprint density at radius 3 is 2.83 bits per heavy atom. The molecule has 2 aromatic rings. The number of nitrogens with zero attached hydrogens (tertiary/aromatic N) is 1. The van der Waals surface area contributed by atoms with E-state index in [0.29, 0.717) is 35.1 Å². The van der Waals surface area contributed by atoms with Crippen molar-refractivity contribution < 1.29 is 9.59 Å². The van der Waals surface area contributed by atoms with Crippen molar-refractivity contribution in [3.63, 3.8) is 0 Å². The van der Waals surface area contributed by atoms with Gasteiger partial charge in [-0.25, -0.2) is 0 Å². The van der Waals surface area contributed by atoms with E-state index in [0.717, 1.165) is 6.42 Å². The lowest BCUT2D eigenvalue weighted by Gasteiger charge is -2.22. The maximum absolute atomic E-state index is 12.8. The highest BCUT2D eigenvalue weighted by Gasteiger charge is 2.32. The Balaban J connectivity index is 1.73. The van der Waals surface area contributed by atoms with E-state index in [2.05, 4.69) is 12.2 Å². The summed E-state index contributed by atoms with van der Waals surface area (Å²) >= 11 is 1.39. The lowest BCUT2D eigenvalue weighted by Crippen LogP contribution is -2.34. The summed E-state index contributed by atoms with van der Waals surface area (Å²) in [6.45, 7) is 3.35. The van der Waals surface area contributed by atoms with Crippen LogP contribution in [0.5, 0.6) is 0 Å². The number of benzene rings is 1. The van der Waals surface area contributed by atoms with Crippen LogP contribution in [-0.2, 0) is 0 Å². The summed E-state index contributed by atoms with van der Waals surface area (Å²) in [5, 5.41) is 4.70. The Labute approximate surface area is 145 Å². The molecule has 6 heteroatoms. The van der Waals surface area contributed by atoms with Crippen LogP contribution in [0.2, 0.25) is 0 Å². The van der Waals surface area contributed by atoms with Crippen LogP contribution in [0, 0.1) is 5.92 Å². The van der Waals surface area contributed by atoms with Crippen molar-refractivity contribution in [2.75, 3.05) is 18.4 Å². The Hall–Kier alpha value is -2.18. The molecule has 1 aliphatic rings. The second-order valence-electron chi connectivity index (χ2n) is 6.16. The monoisotopic (exact) mass is 343 g/mol. The summed E-state index contributed by atoms with van der Waals surface area (Å²) in [6, 6.07) is 10.9. The van der Waals surface area contributed by atoms with Gasteiger partial charge in [0.05, 0.1) is 4.88 Å². The Kier molecular flexibility index (Phi) is 4.97. The van der Waals surface area contributed by atoms with Crippen LogP contribution in [-0.4, -0.2) is 35.8 Å². The second kappa shape index (κ2) is 7.15. The molecule has 2 unspecified atom stereocenters. The Bertz CT molecular complexity index is 730. The van der Waals surface area contributed by atoms with Gasteiger partial charge in [-0.1, -0.05) is 12.1 Å². The van der Waals surface area contributed by atoms with Gasteiger partial charge in [-0.2, -0.15) is 0 Å². The molecule has 3 N–H and O–H groups in total. The predicted molar refractivity (Wildman–Crippen MR) is 96.4 cm³/mol. The maximum Gasteiger partial charge on any atom is 0.265 e. The normalized spacial score (nSPS) is 20.2. The Morgan fingerprint density at radius 1 is 1.33 bits per heavy atom. The van der Waals surface area contributed by atoms with Crippen molar-refractivity contribution >= 4 is 28.8 Å². The molecule has 1 aliphatic heterocycles. The van der Waals surface area contributed by atoms with Crippen LogP contribution in [0.1, 0.15) is 33.4 Å². The highest BCUT2D eigenvalue weighted by Crippen LogP contribution is 2.25. The molecule has 24 heavy (non-hydrogen) atoms. The number of hydrogen-bond acceptors (Lipinski definition) is 4. The number of hydrogen-bond donors (Lipinski definition) is 2. The third-order valence-electron chi connectivity index (χ3n) is 4.37. The first-order valence-corrected chi connectivity index (χ1v) is 8.92. The van der Waals surface area contributed by atoms with E-state index in [1.165, 1.54) is 11.3 Å². The SMILES string of the molecule is CC1CC(CN)CN1C(=O)c1cccc(NC(=O)c2cccs2)c1. The largest absolute Gasteiger partial charge is 0.336 e. The van der Waals surface area contributed by atoms with Crippen molar-refractivity contribution in [3.8, 4) is 0 Å². The number of thiophene rings is 1. The van der Waals surface area contributed by atoms with E-state index in [1.807, 2.05) is 16.3 Å². The van der Waals surface area contributed by atoms with Crippen LogP contribution in [0.3, 0.4) is 0 Å². The summed E-state index contributed by atoms with van der Waals surface area (Å²) in [5.41, 5.74) is 6.95. The third kappa shape index (κ3) is 3.49. The van der Waals surface area contributed by atoms with Crippen molar-refractivity contribution in [2.45, 2.75) is 19.4 Å². The van der Waals surface area contributed by atoms with E-state index in [-0.39, 0.29) is 17.9 Å². The average molecular weight is 343 g/mol. The van der Waals surface area contributed by atoms with E-state index in [9.17, 15) is 9.59 Å².